The number of rotatable bonds is 2. The fourth-order valence-corrected chi connectivity index (χ4v) is 4.39. The van der Waals surface area contributed by atoms with Gasteiger partial charge in [0.1, 0.15) is 23.9 Å². The van der Waals surface area contributed by atoms with E-state index in [0.29, 0.717) is 17.3 Å². The Morgan fingerprint density at radius 2 is 2.00 bits per heavy atom. The fourth-order valence-electron chi connectivity index (χ4n) is 4.39. The Balaban J connectivity index is 1.66. The van der Waals surface area contributed by atoms with Crippen molar-refractivity contribution >= 4 is 11.6 Å². The average Bonchev–Trinajstić information content (AvgIpc) is 3.27. The first kappa shape index (κ1) is 17.8. The monoisotopic (exact) mass is 411 g/mol. The van der Waals surface area contributed by atoms with Gasteiger partial charge in [-0.2, -0.15) is 10.1 Å². The number of ether oxygens (including phenoxy) is 1. The van der Waals surface area contributed by atoms with Gasteiger partial charge in [0, 0.05) is 29.1 Å². The van der Waals surface area contributed by atoms with Crippen LogP contribution in [0.25, 0.3) is 5.70 Å². The molecule has 0 radical (unpaired) electrons. The summed E-state index contributed by atoms with van der Waals surface area (Å²) in [4.78, 5) is 8.71. The van der Waals surface area contributed by atoms with Crippen LogP contribution in [0.3, 0.4) is 0 Å². The first-order valence-corrected chi connectivity index (χ1v) is 10.0. The lowest BCUT2D eigenvalue weighted by atomic mass is 9.84. The Hall–Kier alpha value is -4.00. The zero-order valence-electron chi connectivity index (χ0n) is 16.7. The maximum Gasteiger partial charge on any atom is 0.226 e. The number of aryl methyl sites for hydroxylation is 1. The van der Waals surface area contributed by atoms with E-state index in [1.54, 1.807) is 29.2 Å². The van der Waals surface area contributed by atoms with Gasteiger partial charge in [0.05, 0.1) is 5.70 Å². The van der Waals surface area contributed by atoms with E-state index in [1.807, 2.05) is 37.3 Å². The van der Waals surface area contributed by atoms with E-state index in [0.717, 1.165) is 28.0 Å². The normalized spacial score (nSPS) is 19.0. The Morgan fingerprint density at radius 3 is 2.84 bits per heavy atom. The number of benzene rings is 2. The highest BCUT2D eigenvalue weighted by atomic mass is 19.1. The van der Waals surface area contributed by atoms with Gasteiger partial charge in [0.25, 0.3) is 0 Å². The van der Waals surface area contributed by atoms with Crippen LogP contribution in [0, 0.1) is 12.7 Å². The highest BCUT2D eigenvalue weighted by molar-refractivity contribution is 5.85. The van der Waals surface area contributed by atoms with Crippen LogP contribution >= 0.6 is 0 Å². The molecule has 0 bridgehead atoms. The topological polar surface area (TPSA) is 64.9 Å². The fraction of sp³-hybridized carbons (Fsp3) is 0.125. The first-order valence-electron chi connectivity index (χ1n) is 10.0. The molecule has 0 amide bonds. The number of hydrogen-bond acceptors (Lipinski definition) is 5. The molecule has 0 aliphatic carbocycles. The molecule has 4 heterocycles. The number of nitrogens with zero attached hydrogens (tertiary/aromatic N) is 4. The quantitative estimate of drug-likeness (QED) is 0.519. The standard InChI is InChI=1S/C24H18FN5O/c1-14-8-9-19-17(11-14)21-20(23(31-19)16-6-2-3-7-18(16)25)22(15-5-4-10-26-12-15)30-24(29-21)27-13-28-30/h2-13,22-23H,1H3,(H,27,28,29)/t22-,23+/m1/s1. The number of anilines is 1. The summed E-state index contributed by atoms with van der Waals surface area (Å²) < 4.78 is 23.2. The van der Waals surface area contributed by atoms with Crippen LogP contribution < -0.4 is 10.1 Å². The molecule has 152 valence electrons. The van der Waals surface area contributed by atoms with Gasteiger partial charge in [0.2, 0.25) is 5.95 Å². The second kappa shape index (κ2) is 6.77. The summed E-state index contributed by atoms with van der Waals surface area (Å²) >= 11 is 0. The van der Waals surface area contributed by atoms with E-state index in [9.17, 15) is 4.39 Å². The van der Waals surface area contributed by atoms with Crippen molar-refractivity contribution in [3.05, 3.63) is 107 Å². The molecule has 2 aliphatic heterocycles. The molecule has 2 aromatic carbocycles. The SMILES string of the molecule is Cc1ccc2c(c1)C1=C([C@H](c3ccccc3F)O2)[C@@H](c2cccnc2)n2ncnc2N1. The van der Waals surface area contributed by atoms with Crippen molar-refractivity contribution in [2.75, 3.05) is 5.32 Å². The number of fused-ring (bicyclic) bond motifs is 3. The van der Waals surface area contributed by atoms with Crippen molar-refractivity contribution in [1.29, 1.82) is 0 Å². The number of halogens is 1. The third kappa shape index (κ3) is 2.73. The maximum atomic E-state index is 15.0. The molecule has 0 fully saturated rings. The molecule has 6 nitrogen and oxygen atoms in total. The van der Waals surface area contributed by atoms with Crippen LogP contribution in [0.5, 0.6) is 5.75 Å². The van der Waals surface area contributed by atoms with Gasteiger partial charge < -0.3 is 10.1 Å². The molecular formula is C24H18FN5O. The first-order chi connectivity index (χ1) is 15.2. The Bertz CT molecular complexity index is 1330. The minimum absolute atomic E-state index is 0.316. The van der Waals surface area contributed by atoms with Crippen molar-refractivity contribution in [2.45, 2.75) is 19.1 Å². The zero-order valence-corrected chi connectivity index (χ0v) is 16.7. The van der Waals surface area contributed by atoms with Crippen LogP contribution in [0.4, 0.5) is 10.3 Å². The predicted octanol–water partition coefficient (Wildman–Crippen LogP) is 4.68. The lowest BCUT2D eigenvalue weighted by Crippen LogP contribution is -2.32. The highest BCUT2D eigenvalue weighted by Crippen LogP contribution is 2.50. The summed E-state index contributed by atoms with van der Waals surface area (Å²) in [5, 5.41) is 7.89. The third-order valence-corrected chi connectivity index (χ3v) is 5.76. The lowest BCUT2D eigenvalue weighted by Gasteiger charge is -2.39. The Kier molecular flexibility index (Phi) is 3.89. The van der Waals surface area contributed by atoms with E-state index in [1.165, 1.54) is 12.4 Å². The van der Waals surface area contributed by atoms with E-state index in [4.69, 9.17) is 4.74 Å². The van der Waals surface area contributed by atoms with Crippen molar-refractivity contribution in [3.8, 4) is 5.75 Å². The largest absolute Gasteiger partial charge is 0.480 e. The highest BCUT2D eigenvalue weighted by Gasteiger charge is 2.41. The number of aromatic nitrogens is 4. The Morgan fingerprint density at radius 1 is 1.10 bits per heavy atom. The second-order valence-corrected chi connectivity index (χ2v) is 7.69. The molecular weight excluding hydrogens is 393 g/mol. The zero-order chi connectivity index (χ0) is 20.9. The van der Waals surface area contributed by atoms with Gasteiger partial charge in [-0.1, -0.05) is 35.9 Å². The van der Waals surface area contributed by atoms with Crippen molar-refractivity contribution in [3.63, 3.8) is 0 Å². The van der Waals surface area contributed by atoms with Gasteiger partial charge >= 0.3 is 0 Å². The van der Waals surface area contributed by atoms with Crippen molar-refractivity contribution < 1.29 is 9.13 Å². The minimum atomic E-state index is -0.638. The van der Waals surface area contributed by atoms with Gasteiger partial charge in [-0.15, -0.1) is 0 Å². The van der Waals surface area contributed by atoms with Gasteiger partial charge in [-0.05, 0) is 36.8 Å². The van der Waals surface area contributed by atoms with Crippen molar-refractivity contribution in [2.24, 2.45) is 0 Å². The molecule has 6 rings (SSSR count). The summed E-state index contributed by atoms with van der Waals surface area (Å²) in [5.41, 5.74) is 5.16. The molecule has 1 N–H and O–H groups in total. The van der Waals surface area contributed by atoms with Gasteiger partial charge in [-0.25, -0.2) is 9.07 Å². The van der Waals surface area contributed by atoms with Crippen molar-refractivity contribution in [1.82, 2.24) is 19.7 Å². The van der Waals surface area contributed by atoms with E-state index in [-0.39, 0.29) is 11.9 Å². The van der Waals surface area contributed by atoms with E-state index in [2.05, 4.69) is 26.4 Å². The van der Waals surface area contributed by atoms with Crippen LogP contribution in [-0.4, -0.2) is 19.7 Å². The molecule has 2 aliphatic rings. The summed E-state index contributed by atoms with van der Waals surface area (Å²) in [6.07, 6.45) is 4.41. The number of pyridine rings is 1. The second-order valence-electron chi connectivity index (χ2n) is 7.69. The predicted molar refractivity (Wildman–Crippen MR) is 114 cm³/mol. The van der Waals surface area contributed by atoms with Gasteiger partial charge in [-0.3, -0.25) is 4.98 Å². The molecule has 4 aromatic rings. The van der Waals surface area contributed by atoms with Crippen LogP contribution in [0.1, 0.15) is 34.4 Å². The number of hydrogen-bond donors (Lipinski definition) is 1. The van der Waals surface area contributed by atoms with Gasteiger partial charge in [0.15, 0.2) is 6.10 Å². The molecule has 2 atom stereocenters. The summed E-state index contributed by atoms with van der Waals surface area (Å²) in [7, 11) is 0. The maximum absolute atomic E-state index is 15.0. The number of nitrogens with one attached hydrogen (secondary N) is 1. The lowest BCUT2D eigenvalue weighted by molar-refractivity contribution is 0.218. The molecule has 31 heavy (non-hydrogen) atoms. The summed E-state index contributed by atoms with van der Waals surface area (Å²) in [6, 6.07) is 16.2. The molecule has 0 spiro atoms. The van der Waals surface area contributed by atoms with E-state index < -0.39 is 6.10 Å². The van der Waals surface area contributed by atoms with Crippen LogP contribution in [-0.2, 0) is 0 Å². The molecule has 0 saturated heterocycles. The molecule has 2 aromatic heterocycles. The van der Waals surface area contributed by atoms with Crippen LogP contribution in [0.15, 0.2) is 78.9 Å². The summed E-state index contributed by atoms with van der Waals surface area (Å²) in [6.45, 7) is 2.04. The Labute approximate surface area is 178 Å². The van der Waals surface area contributed by atoms with E-state index >= 15 is 0 Å². The third-order valence-electron chi connectivity index (χ3n) is 5.76. The smallest absolute Gasteiger partial charge is 0.226 e. The average molecular weight is 411 g/mol. The molecule has 0 saturated carbocycles. The molecule has 0 unspecified atom stereocenters. The minimum Gasteiger partial charge on any atom is -0.480 e. The molecule has 7 heteroatoms. The van der Waals surface area contributed by atoms with Crippen LogP contribution in [0.2, 0.25) is 0 Å². The summed E-state index contributed by atoms with van der Waals surface area (Å²) in [5.74, 6) is 1.00.